The first-order valence-electron chi connectivity index (χ1n) is 10.3. The number of benzene rings is 2. The van der Waals surface area contributed by atoms with E-state index < -0.39 is 6.04 Å². The van der Waals surface area contributed by atoms with Gasteiger partial charge in [0, 0.05) is 18.3 Å². The van der Waals surface area contributed by atoms with Crippen LogP contribution in [-0.4, -0.2) is 34.6 Å². The van der Waals surface area contributed by atoms with Crippen molar-refractivity contribution in [2.24, 2.45) is 0 Å². The molecule has 0 aliphatic heterocycles. The monoisotopic (exact) mass is 430 g/mol. The van der Waals surface area contributed by atoms with E-state index in [9.17, 15) is 14.0 Å². The molecule has 1 N–H and O–H groups in total. The molecular formula is C24H31FN2O2S. The molecule has 30 heavy (non-hydrogen) atoms. The Labute approximate surface area is 183 Å². The largest absolute Gasteiger partial charge is 0.352 e. The Balaban J connectivity index is 2.06. The second-order valence-corrected chi connectivity index (χ2v) is 8.61. The standard InChI is InChI=1S/C24H31FN2O2S/c1-5-18(3)26-24(29)19(4)27(14-20-10-12-22(25)13-11-20)23(28)16-30-15-21-8-6-17(2)7-9-21/h6-13,18-19H,5,14-16H2,1-4H3,(H,26,29)/t18-,19-/m0/s1. The van der Waals surface area contributed by atoms with E-state index in [1.165, 1.54) is 29.5 Å². The number of rotatable bonds is 10. The number of nitrogens with zero attached hydrogens (tertiary/aromatic N) is 1. The van der Waals surface area contributed by atoms with E-state index in [0.29, 0.717) is 0 Å². The highest BCUT2D eigenvalue weighted by atomic mass is 32.2. The molecule has 0 fully saturated rings. The maximum absolute atomic E-state index is 13.3. The zero-order valence-corrected chi connectivity index (χ0v) is 19.0. The first kappa shape index (κ1) is 23.9. The molecule has 0 aromatic heterocycles. The number of aryl methyl sites for hydroxylation is 1. The van der Waals surface area contributed by atoms with E-state index in [1.54, 1.807) is 24.0 Å². The van der Waals surface area contributed by atoms with Crippen molar-refractivity contribution in [3.63, 3.8) is 0 Å². The van der Waals surface area contributed by atoms with Crippen LogP contribution in [0.1, 0.15) is 43.9 Å². The van der Waals surface area contributed by atoms with Crippen LogP contribution in [0.2, 0.25) is 0 Å². The summed E-state index contributed by atoms with van der Waals surface area (Å²) < 4.78 is 13.3. The summed E-state index contributed by atoms with van der Waals surface area (Å²) in [6.07, 6.45) is 0.816. The van der Waals surface area contributed by atoms with Gasteiger partial charge in [0.1, 0.15) is 11.9 Å². The number of nitrogens with one attached hydrogen (secondary N) is 1. The molecule has 162 valence electrons. The first-order chi connectivity index (χ1) is 14.3. The van der Waals surface area contributed by atoms with Crippen LogP contribution in [0.25, 0.3) is 0 Å². The molecule has 2 aromatic rings. The third-order valence-corrected chi connectivity index (χ3v) is 6.04. The molecule has 2 atom stereocenters. The average molecular weight is 431 g/mol. The van der Waals surface area contributed by atoms with E-state index in [-0.39, 0.29) is 36.0 Å². The minimum absolute atomic E-state index is 0.0404. The van der Waals surface area contributed by atoms with Crippen molar-refractivity contribution in [3.05, 3.63) is 71.0 Å². The predicted octanol–water partition coefficient (Wildman–Crippen LogP) is 4.70. The lowest BCUT2D eigenvalue weighted by Crippen LogP contribution is -2.50. The quantitative estimate of drug-likeness (QED) is 0.594. The zero-order valence-electron chi connectivity index (χ0n) is 18.2. The van der Waals surface area contributed by atoms with E-state index in [0.717, 1.165) is 23.3 Å². The minimum atomic E-state index is -0.614. The van der Waals surface area contributed by atoms with Crippen molar-refractivity contribution in [2.45, 2.75) is 58.5 Å². The summed E-state index contributed by atoms with van der Waals surface area (Å²) in [6, 6.07) is 13.7. The Bertz CT molecular complexity index is 824. The molecule has 0 bridgehead atoms. The summed E-state index contributed by atoms with van der Waals surface area (Å²) in [5, 5.41) is 2.95. The van der Waals surface area contributed by atoms with E-state index in [4.69, 9.17) is 0 Å². The van der Waals surface area contributed by atoms with Crippen LogP contribution >= 0.6 is 11.8 Å². The summed E-state index contributed by atoms with van der Waals surface area (Å²) in [7, 11) is 0. The number of hydrogen-bond donors (Lipinski definition) is 1. The highest BCUT2D eigenvalue weighted by Gasteiger charge is 2.26. The molecular weight excluding hydrogens is 399 g/mol. The van der Waals surface area contributed by atoms with Gasteiger partial charge >= 0.3 is 0 Å². The van der Waals surface area contributed by atoms with Crippen LogP contribution in [0.3, 0.4) is 0 Å². The number of amides is 2. The molecule has 0 radical (unpaired) electrons. The lowest BCUT2D eigenvalue weighted by Gasteiger charge is -2.29. The fourth-order valence-corrected chi connectivity index (χ4v) is 3.73. The number of carbonyl (C=O) groups is 2. The Morgan fingerprint density at radius 3 is 2.23 bits per heavy atom. The normalized spacial score (nSPS) is 12.8. The predicted molar refractivity (Wildman–Crippen MR) is 122 cm³/mol. The Morgan fingerprint density at radius 1 is 1.03 bits per heavy atom. The third-order valence-electron chi connectivity index (χ3n) is 5.05. The number of hydrogen-bond acceptors (Lipinski definition) is 3. The van der Waals surface area contributed by atoms with Gasteiger partial charge in [-0.15, -0.1) is 11.8 Å². The van der Waals surface area contributed by atoms with Crippen molar-refractivity contribution in [1.29, 1.82) is 0 Å². The van der Waals surface area contributed by atoms with Crippen LogP contribution in [0.15, 0.2) is 48.5 Å². The molecule has 6 heteroatoms. The molecule has 0 aliphatic carbocycles. The number of carbonyl (C=O) groups excluding carboxylic acids is 2. The van der Waals surface area contributed by atoms with Crippen LogP contribution < -0.4 is 5.32 Å². The van der Waals surface area contributed by atoms with Gasteiger partial charge in [0.05, 0.1) is 5.75 Å². The maximum atomic E-state index is 13.3. The Hall–Kier alpha value is -2.34. The molecule has 2 aromatic carbocycles. The molecule has 0 aliphatic rings. The highest BCUT2D eigenvalue weighted by molar-refractivity contribution is 7.99. The first-order valence-corrected chi connectivity index (χ1v) is 11.4. The van der Waals surface area contributed by atoms with E-state index in [2.05, 4.69) is 29.6 Å². The average Bonchev–Trinajstić information content (AvgIpc) is 2.74. The van der Waals surface area contributed by atoms with E-state index >= 15 is 0 Å². The fourth-order valence-electron chi connectivity index (χ4n) is 2.86. The van der Waals surface area contributed by atoms with Crippen LogP contribution in [0, 0.1) is 12.7 Å². The smallest absolute Gasteiger partial charge is 0.242 e. The molecule has 0 unspecified atom stereocenters. The lowest BCUT2D eigenvalue weighted by molar-refractivity contribution is -0.138. The van der Waals surface area contributed by atoms with Crippen molar-refractivity contribution in [3.8, 4) is 0 Å². The zero-order chi connectivity index (χ0) is 22.1. The van der Waals surface area contributed by atoms with Gasteiger partial charge in [-0.1, -0.05) is 48.9 Å². The summed E-state index contributed by atoms with van der Waals surface area (Å²) in [4.78, 5) is 27.2. The summed E-state index contributed by atoms with van der Waals surface area (Å²) >= 11 is 1.53. The summed E-state index contributed by atoms with van der Waals surface area (Å²) in [5.41, 5.74) is 3.15. The summed E-state index contributed by atoms with van der Waals surface area (Å²) in [5.74, 6) is 0.388. The second-order valence-electron chi connectivity index (χ2n) is 7.62. The van der Waals surface area contributed by atoms with E-state index in [1.807, 2.05) is 20.8 Å². The van der Waals surface area contributed by atoms with Crippen molar-refractivity contribution in [2.75, 3.05) is 5.75 Å². The minimum Gasteiger partial charge on any atom is -0.352 e. The van der Waals surface area contributed by atoms with Gasteiger partial charge in [-0.25, -0.2) is 4.39 Å². The van der Waals surface area contributed by atoms with Crippen molar-refractivity contribution < 1.29 is 14.0 Å². The Kier molecular flexibility index (Phi) is 9.37. The molecule has 0 spiro atoms. The number of thioether (sulfide) groups is 1. The van der Waals surface area contributed by atoms with Gasteiger partial charge in [-0.2, -0.15) is 0 Å². The SMILES string of the molecule is CC[C@H](C)NC(=O)[C@H](C)N(Cc1ccc(F)cc1)C(=O)CSCc1ccc(C)cc1. The molecule has 0 saturated carbocycles. The molecule has 2 rings (SSSR count). The molecule has 0 heterocycles. The fraction of sp³-hybridized carbons (Fsp3) is 0.417. The van der Waals surface area contributed by atoms with Gasteiger partial charge in [-0.05, 0) is 50.5 Å². The van der Waals surface area contributed by atoms with Gasteiger partial charge in [0.25, 0.3) is 0 Å². The van der Waals surface area contributed by atoms with Crippen LogP contribution in [-0.2, 0) is 21.9 Å². The molecule has 0 saturated heterocycles. The highest BCUT2D eigenvalue weighted by Crippen LogP contribution is 2.17. The van der Waals surface area contributed by atoms with Crippen molar-refractivity contribution >= 4 is 23.6 Å². The second kappa shape index (κ2) is 11.7. The number of halogens is 1. The van der Waals surface area contributed by atoms with Crippen LogP contribution in [0.4, 0.5) is 4.39 Å². The van der Waals surface area contributed by atoms with Gasteiger partial charge in [0.15, 0.2) is 0 Å². The maximum Gasteiger partial charge on any atom is 0.242 e. The molecule has 2 amide bonds. The van der Waals surface area contributed by atoms with Gasteiger partial charge in [-0.3, -0.25) is 9.59 Å². The van der Waals surface area contributed by atoms with Crippen molar-refractivity contribution in [1.82, 2.24) is 10.2 Å². The van der Waals surface area contributed by atoms with Gasteiger partial charge in [0.2, 0.25) is 11.8 Å². The topological polar surface area (TPSA) is 49.4 Å². The third kappa shape index (κ3) is 7.48. The summed E-state index contributed by atoms with van der Waals surface area (Å²) in [6.45, 7) is 7.98. The van der Waals surface area contributed by atoms with Crippen LogP contribution in [0.5, 0.6) is 0 Å². The Morgan fingerprint density at radius 2 is 1.63 bits per heavy atom. The lowest BCUT2D eigenvalue weighted by atomic mass is 10.1. The van der Waals surface area contributed by atoms with Gasteiger partial charge < -0.3 is 10.2 Å². The molecule has 4 nitrogen and oxygen atoms in total.